The highest BCUT2D eigenvalue weighted by Gasteiger charge is 2.21. The first-order valence-electron chi connectivity index (χ1n) is 15.6. The van der Waals surface area contributed by atoms with Gasteiger partial charge in [-0.25, -0.2) is 4.99 Å². The Morgan fingerprint density at radius 1 is 0.975 bits per heavy atom. The Bertz CT molecular complexity index is 906. The molecule has 8 nitrogen and oxygen atoms in total. The second-order valence-electron chi connectivity index (χ2n) is 11.3. The molecule has 1 aromatic rings. The number of fused-ring (bicyclic) bond motifs is 1. The quantitative estimate of drug-likeness (QED) is 0.135. The van der Waals surface area contributed by atoms with Gasteiger partial charge in [-0.1, -0.05) is 66.2 Å². The molecule has 40 heavy (non-hydrogen) atoms. The van der Waals surface area contributed by atoms with Gasteiger partial charge < -0.3 is 25.0 Å². The normalized spacial score (nSPS) is 12.7. The van der Waals surface area contributed by atoms with Crippen molar-refractivity contribution in [3.05, 3.63) is 23.8 Å². The van der Waals surface area contributed by atoms with E-state index in [9.17, 15) is 9.59 Å². The van der Waals surface area contributed by atoms with Gasteiger partial charge in [0.15, 0.2) is 5.96 Å². The second kappa shape index (κ2) is 19.3. The van der Waals surface area contributed by atoms with Crippen LogP contribution in [0.1, 0.15) is 110 Å². The van der Waals surface area contributed by atoms with Crippen molar-refractivity contribution >= 4 is 23.5 Å². The Kier molecular flexibility index (Phi) is 16.2. The summed E-state index contributed by atoms with van der Waals surface area (Å²) >= 11 is 0. The Morgan fingerprint density at radius 2 is 1.68 bits per heavy atom. The minimum absolute atomic E-state index is 0.0665. The maximum Gasteiger partial charge on any atom is 0.325 e. The van der Waals surface area contributed by atoms with Crippen LogP contribution in [0.5, 0.6) is 5.75 Å². The number of nitrogens with zero attached hydrogens (tertiary/aromatic N) is 3. The lowest BCUT2D eigenvalue weighted by Gasteiger charge is -2.27. The standard InChI is InChI=1S/C32H54N4O4/c1-5-7-9-11-19-35(20-12-10-8-6-2)30(37)16-14-21-39-28-17-18-29-27(23-28)24-36(32(33)34-29)25-31(38)40-22-13-15-26(3)4/h17-18,23,26H,5-16,19-22,24-25H2,1-4H3,(H2,33,34). The largest absolute Gasteiger partial charge is 0.494 e. The van der Waals surface area contributed by atoms with Crippen LogP contribution < -0.4 is 10.5 Å². The molecule has 2 N–H and O–H groups in total. The minimum atomic E-state index is -0.299. The lowest BCUT2D eigenvalue weighted by atomic mass is 10.1. The van der Waals surface area contributed by atoms with Crippen molar-refractivity contribution in [1.29, 1.82) is 0 Å². The van der Waals surface area contributed by atoms with Crippen LogP contribution >= 0.6 is 0 Å². The van der Waals surface area contributed by atoms with Crippen LogP contribution in [0.2, 0.25) is 0 Å². The second-order valence-corrected chi connectivity index (χ2v) is 11.3. The number of carbonyl (C=O) groups is 2. The van der Waals surface area contributed by atoms with Crippen LogP contribution in [0.4, 0.5) is 5.69 Å². The van der Waals surface area contributed by atoms with Gasteiger partial charge in [0, 0.05) is 31.6 Å². The summed E-state index contributed by atoms with van der Waals surface area (Å²) in [4.78, 5) is 33.5. The van der Waals surface area contributed by atoms with Crippen LogP contribution in [-0.2, 0) is 20.9 Å². The maximum atomic E-state index is 12.9. The first kappa shape index (κ1) is 33.4. The monoisotopic (exact) mass is 558 g/mol. The van der Waals surface area contributed by atoms with Crippen LogP contribution in [0.15, 0.2) is 23.2 Å². The molecular formula is C32H54N4O4. The molecule has 0 aliphatic carbocycles. The van der Waals surface area contributed by atoms with E-state index < -0.39 is 0 Å². The zero-order valence-electron chi connectivity index (χ0n) is 25.6. The number of rotatable bonds is 21. The minimum Gasteiger partial charge on any atom is -0.494 e. The van der Waals surface area contributed by atoms with Crippen LogP contribution in [0.25, 0.3) is 0 Å². The van der Waals surface area contributed by atoms with Crippen LogP contribution in [0, 0.1) is 5.92 Å². The fraction of sp³-hybridized carbons (Fsp3) is 0.719. The smallest absolute Gasteiger partial charge is 0.325 e. The van der Waals surface area contributed by atoms with Gasteiger partial charge >= 0.3 is 5.97 Å². The molecule has 2 rings (SSSR count). The highest BCUT2D eigenvalue weighted by Crippen LogP contribution is 2.29. The molecule has 1 aliphatic heterocycles. The predicted octanol–water partition coefficient (Wildman–Crippen LogP) is 6.58. The highest BCUT2D eigenvalue weighted by atomic mass is 16.5. The molecule has 0 atom stereocenters. The van der Waals surface area contributed by atoms with E-state index in [1.807, 2.05) is 18.2 Å². The summed E-state index contributed by atoms with van der Waals surface area (Å²) in [6.45, 7) is 11.9. The molecule has 0 spiro atoms. The van der Waals surface area contributed by atoms with Crippen molar-refractivity contribution in [2.24, 2.45) is 16.6 Å². The zero-order valence-corrected chi connectivity index (χ0v) is 25.6. The Hall–Kier alpha value is -2.77. The van der Waals surface area contributed by atoms with Gasteiger partial charge in [0.2, 0.25) is 5.91 Å². The van der Waals surface area contributed by atoms with Gasteiger partial charge in [0.1, 0.15) is 12.3 Å². The fourth-order valence-corrected chi connectivity index (χ4v) is 4.78. The Morgan fingerprint density at radius 3 is 2.33 bits per heavy atom. The van der Waals surface area contributed by atoms with E-state index >= 15 is 0 Å². The number of unbranched alkanes of at least 4 members (excludes halogenated alkanes) is 6. The topological polar surface area (TPSA) is 97.5 Å². The Labute approximate surface area is 242 Å². The number of nitrogens with two attached hydrogens (primary N) is 1. The van der Waals surface area contributed by atoms with Gasteiger partial charge in [-0.3, -0.25) is 9.59 Å². The summed E-state index contributed by atoms with van der Waals surface area (Å²) in [7, 11) is 0. The predicted molar refractivity (Wildman–Crippen MR) is 163 cm³/mol. The molecule has 1 amide bonds. The molecular weight excluding hydrogens is 504 g/mol. The van der Waals surface area contributed by atoms with Crippen molar-refractivity contribution in [1.82, 2.24) is 9.80 Å². The lowest BCUT2D eigenvalue weighted by Crippen LogP contribution is -2.42. The summed E-state index contributed by atoms with van der Waals surface area (Å²) in [6, 6.07) is 5.71. The third-order valence-corrected chi connectivity index (χ3v) is 7.20. The van der Waals surface area contributed by atoms with Gasteiger partial charge in [-0.15, -0.1) is 0 Å². The molecule has 0 bridgehead atoms. The summed E-state index contributed by atoms with van der Waals surface area (Å²) in [6.07, 6.45) is 12.5. The summed E-state index contributed by atoms with van der Waals surface area (Å²) in [5.41, 5.74) is 7.84. The SMILES string of the molecule is CCCCCCN(CCCCCC)C(=O)CCCOc1ccc2c(c1)CN(CC(=O)OCCCC(C)C)C(N)=N2. The zero-order chi connectivity index (χ0) is 29.2. The van der Waals surface area contributed by atoms with E-state index in [1.165, 1.54) is 38.5 Å². The number of ether oxygens (including phenoxy) is 2. The first-order chi connectivity index (χ1) is 19.3. The van der Waals surface area contributed by atoms with Gasteiger partial charge in [0.05, 0.1) is 18.9 Å². The number of carbonyl (C=O) groups excluding carboxylic acids is 2. The van der Waals surface area contributed by atoms with E-state index in [-0.39, 0.29) is 18.4 Å². The van der Waals surface area contributed by atoms with E-state index in [0.29, 0.717) is 44.5 Å². The van der Waals surface area contributed by atoms with Gasteiger partial charge in [0.25, 0.3) is 0 Å². The van der Waals surface area contributed by atoms with E-state index in [0.717, 1.165) is 55.8 Å². The molecule has 0 saturated heterocycles. The number of esters is 1. The number of amides is 1. The molecule has 1 aliphatic rings. The number of benzene rings is 1. The van der Waals surface area contributed by atoms with Gasteiger partial charge in [-0.05, 0) is 56.2 Å². The summed E-state index contributed by atoms with van der Waals surface area (Å²) < 4.78 is 11.4. The molecule has 0 saturated carbocycles. The maximum absolute atomic E-state index is 12.9. The van der Waals surface area contributed by atoms with Crippen molar-refractivity contribution in [2.75, 3.05) is 32.8 Å². The lowest BCUT2D eigenvalue weighted by molar-refractivity contribution is -0.144. The number of hydrogen-bond donors (Lipinski definition) is 1. The van der Waals surface area contributed by atoms with Crippen molar-refractivity contribution in [2.45, 2.75) is 111 Å². The number of guanidine groups is 1. The number of hydrogen-bond acceptors (Lipinski definition) is 7. The highest BCUT2D eigenvalue weighted by molar-refractivity contribution is 5.87. The Balaban J connectivity index is 1.80. The van der Waals surface area contributed by atoms with Crippen molar-refractivity contribution < 1.29 is 19.1 Å². The average Bonchev–Trinajstić information content (AvgIpc) is 2.93. The van der Waals surface area contributed by atoms with Gasteiger partial charge in [-0.2, -0.15) is 0 Å². The van der Waals surface area contributed by atoms with Crippen molar-refractivity contribution in [3.63, 3.8) is 0 Å². The summed E-state index contributed by atoms with van der Waals surface area (Å²) in [5, 5.41) is 0. The molecule has 1 heterocycles. The number of aliphatic imine (C=N–C) groups is 1. The third-order valence-electron chi connectivity index (χ3n) is 7.20. The molecule has 0 aromatic heterocycles. The average molecular weight is 559 g/mol. The van der Waals surface area contributed by atoms with Crippen LogP contribution in [0.3, 0.4) is 0 Å². The first-order valence-corrected chi connectivity index (χ1v) is 15.6. The molecule has 8 heteroatoms. The third kappa shape index (κ3) is 13.1. The summed E-state index contributed by atoms with van der Waals surface area (Å²) in [5.74, 6) is 1.57. The van der Waals surface area contributed by atoms with Crippen LogP contribution in [-0.4, -0.2) is 60.5 Å². The van der Waals surface area contributed by atoms with E-state index in [2.05, 4.69) is 37.6 Å². The molecule has 0 unspecified atom stereocenters. The van der Waals surface area contributed by atoms with E-state index in [4.69, 9.17) is 15.2 Å². The van der Waals surface area contributed by atoms with Crippen molar-refractivity contribution in [3.8, 4) is 5.75 Å². The fourth-order valence-electron chi connectivity index (χ4n) is 4.78. The molecule has 1 aromatic carbocycles. The molecule has 0 radical (unpaired) electrons. The molecule has 0 fully saturated rings. The van der Waals surface area contributed by atoms with E-state index in [1.54, 1.807) is 4.90 Å². The molecule has 226 valence electrons.